The molecule has 0 atom stereocenters. The van der Waals surface area contributed by atoms with Crippen molar-refractivity contribution in [1.29, 1.82) is 0 Å². The Hall–Kier alpha value is -1.09. The lowest BCUT2D eigenvalue weighted by Gasteiger charge is -2.30. The van der Waals surface area contributed by atoms with E-state index in [-0.39, 0.29) is 5.91 Å². The van der Waals surface area contributed by atoms with Crippen LogP contribution in [0.2, 0.25) is 24.2 Å². The van der Waals surface area contributed by atoms with E-state index in [1.807, 2.05) is 35.2 Å². The van der Waals surface area contributed by atoms with Crippen molar-refractivity contribution in [3.8, 4) is 0 Å². The van der Waals surface area contributed by atoms with Gasteiger partial charge >= 0.3 is 0 Å². The lowest BCUT2D eigenvalue weighted by molar-refractivity contribution is -0.116. The molecule has 2 nitrogen and oxygen atoms in total. The van der Waals surface area contributed by atoms with E-state index < -0.39 is 8.07 Å². The van der Waals surface area contributed by atoms with E-state index in [2.05, 4.69) is 20.8 Å². The number of amides is 1. The molecule has 0 aliphatic carbocycles. The molecule has 0 unspecified atom stereocenters. The van der Waals surface area contributed by atoms with Gasteiger partial charge in [-0.05, 0) is 18.6 Å². The smallest absolute Gasteiger partial charge is 0.223 e. The van der Waals surface area contributed by atoms with Gasteiger partial charge in [0.25, 0.3) is 0 Å². The number of hydrogen-bond donors (Lipinski definition) is 0. The quantitative estimate of drug-likeness (QED) is 0.565. The van der Waals surface area contributed by atoms with E-state index >= 15 is 0 Å². The van der Waals surface area contributed by atoms with Crippen LogP contribution < -0.4 is 4.90 Å². The number of carbonyl (C=O) groups is 1. The average Bonchev–Trinajstić information content (AvgIpc) is 2.51. The highest BCUT2D eigenvalue weighted by molar-refractivity contribution is 6.79. The Morgan fingerprint density at radius 3 is 2.14 bits per heavy atom. The van der Waals surface area contributed by atoms with Gasteiger partial charge in [-0.2, -0.15) is 0 Å². The van der Waals surface area contributed by atoms with Gasteiger partial charge in [0.2, 0.25) is 5.91 Å². The highest BCUT2D eigenvalue weighted by Gasteiger charge is 2.27. The Bertz CT molecular complexity index is 414. The third kappa shape index (κ3) is 5.31. The van der Waals surface area contributed by atoms with Crippen LogP contribution >= 0.6 is 0 Å². The summed E-state index contributed by atoms with van der Waals surface area (Å²) in [6, 6.07) is 15.6. The zero-order chi connectivity index (χ0) is 15.7. The van der Waals surface area contributed by atoms with Gasteiger partial charge in [0.1, 0.15) is 0 Å². The Morgan fingerprint density at radius 2 is 1.67 bits per heavy atom. The van der Waals surface area contributed by atoms with Crippen molar-refractivity contribution in [3.05, 3.63) is 30.3 Å². The number of anilines is 1. The monoisotopic (exact) mass is 305 g/mol. The molecule has 3 heteroatoms. The van der Waals surface area contributed by atoms with Crippen LogP contribution in [0, 0.1) is 0 Å². The molecule has 1 aromatic rings. The van der Waals surface area contributed by atoms with Crippen LogP contribution in [0.4, 0.5) is 5.69 Å². The number of para-hydroxylation sites is 1. The molecular formula is C18H31NOSi. The fourth-order valence-electron chi connectivity index (χ4n) is 3.30. The van der Waals surface area contributed by atoms with Crippen LogP contribution in [-0.4, -0.2) is 20.5 Å². The van der Waals surface area contributed by atoms with E-state index in [0.717, 1.165) is 18.7 Å². The van der Waals surface area contributed by atoms with Crippen molar-refractivity contribution in [2.24, 2.45) is 0 Å². The SMILES string of the molecule is CCC[Si](CC)(CC)CCCN(C(C)=O)c1ccccc1. The predicted octanol–water partition coefficient (Wildman–Crippen LogP) is 5.33. The minimum Gasteiger partial charge on any atom is -0.313 e. The molecule has 0 bridgehead atoms. The lowest BCUT2D eigenvalue weighted by Crippen LogP contribution is -2.35. The highest BCUT2D eigenvalue weighted by Crippen LogP contribution is 2.28. The molecule has 0 N–H and O–H groups in total. The molecule has 1 rings (SSSR count). The van der Waals surface area contributed by atoms with Gasteiger partial charge in [0, 0.05) is 19.2 Å². The molecule has 0 heterocycles. The number of carbonyl (C=O) groups excluding carboxylic acids is 1. The van der Waals surface area contributed by atoms with Gasteiger partial charge in [-0.25, -0.2) is 0 Å². The molecule has 0 fully saturated rings. The fraction of sp³-hybridized carbons (Fsp3) is 0.611. The summed E-state index contributed by atoms with van der Waals surface area (Å²) in [5.41, 5.74) is 1.03. The second-order valence-electron chi connectivity index (χ2n) is 6.07. The first-order valence-corrected chi connectivity index (χ1v) is 11.2. The summed E-state index contributed by atoms with van der Waals surface area (Å²) in [7, 11) is -1.08. The summed E-state index contributed by atoms with van der Waals surface area (Å²) < 4.78 is 0. The Labute approximate surface area is 131 Å². The van der Waals surface area contributed by atoms with Gasteiger partial charge < -0.3 is 4.90 Å². The van der Waals surface area contributed by atoms with E-state index in [1.54, 1.807) is 6.92 Å². The summed E-state index contributed by atoms with van der Waals surface area (Å²) >= 11 is 0. The summed E-state index contributed by atoms with van der Waals surface area (Å²) in [5.74, 6) is 0.150. The van der Waals surface area contributed by atoms with Gasteiger partial charge in [-0.15, -0.1) is 0 Å². The maximum absolute atomic E-state index is 11.9. The summed E-state index contributed by atoms with van der Waals surface area (Å²) in [6.45, 7) is 9.57. The zero-order valence-electron chi connectivity index (χ0n) is 14.2. The van der Waals surface area contributed by atoms with Crippen LogP contribution in [-0.2, 0) is 4.79 Å². The number of nitrogens with zero attached hydrogens (tertiary/aromatic N) is 1. The fourth-order valence-corrected chi connectivity index (χ4v) is 7.43. The first kappa shape index (κ1) is 18.0. The summed E-state index contributed by atoms with van der Waals surface area (Å²) in [6.07, 6.45) is 2.45. The van der Waals surface area contributed by atoms with Crippen LogP contribution in [0.15, 0.2) is 30.3 Å². The van der Waals surface area contributed by atoms with E-state index in [1.165, 1.54) is 30.6 Å². The summed E-state index contributed by atoms with van der Waals surface area (Å²) in [5, 5.41) is 0. The van der Waals surface area contributed by atoms with E-state index in [4.69, 9.17) is 0 Å². The number of rotatable bonds is 9. The minimum atomic E-state index is -1.08. The topological polar surface area (TPSA) is 20.3 Å². The second kappa shape index (κ2) is 9.03. The van der Waals surface area contributed by atoms with Crippen LogP contribution in [0.5, 0.6) is 0 Å². The molecule has 21 heavy (non-hydrogen) atoms. The van der Waals surface area contributed by atoms with Crippen molar-refractivity contribution in [1.82, 2.24) is 0 Å². The molecule has 0 saturated carbocycles. The maximum Gasteiger partial charge on any atom is 0.223 e. The van der Waals surface area contributed by atoms with Gasteiger partial charge in [0.15, 0.2) is 0 Å². The van der Waals surface area contributed by atoms with Crippen molar-refractivity contribution in [2.45, 2.75) is 64.7 Å². The zero-order valence-corrected chi connectivity index (χ0v) is 15.2. The third-order valence-electron chi connectivity index (χ3n) is 4.82. The first-order valence-electron chi connectivity index (χ1n) is 8.41. The molecule has 1 amide bonds. The molecule has 118 valence electrons. The molecule has 0 saturated heterocycles. The molecule has 1 aromatic carbocycles. The van der Waals surface area contributed by atoms with Crippen LogP contribution in [0.1, 0.15) is 40.5 Å². The highest BCUT2D eigenvalue weighted by atomic mass is 28.3. The standard InChI is InChI=1S/C18H31NOSi/c1-5-15-21(6-2,7-3)16-11-14-19(17(4)20)18-12-9-8-10-13-18/h8-10,12-13H,5-7,11,14-16H2,1-4H3. The molecule has 0 aliphatic rings. The Kier molecular flexibility index (Phi) is 7.72. The molecule has 0 spiro atoms. The van der Waals surface area contributed by atoms with Crippen molar-refractivity contribution >= 4 is 19.7 Å². The second-order valence-corrected chi connectivity index (χ2v) is 11.5. The number of benzene rings is 1. The van der Waals surface area contributed by atoms with E-state index in [0.29, 0.717) is 0 Å². The van der Waals surface area contributed by atoms with Gasteiger partial charge in [-0.3, -0.25) is 4.79 Å². The van der Waals surface area contributed by atoms with Gasteiger partial charge in [0.05, 0.1) is 8.07 Å². The normalized spacial score (nSPS) is 11.4. The number of hydrogen-bond acceptors (Lipinski definition) is 1. The van der Waals surface area contributed by atoms with Crippen LogP contribution in [0.3, 0.4) is 0 Å². The molecule has 0 radical (unpaired) electrons. The Morgan fingerprint density at radius 1 is 1.05 bits per heavy atom. The van der Waals surface area contributed by atoms with Crippen molar-refractivity contribution in [2.75, 3.05) is 11.4 Å². The maximum atomic E-state index is 11.9. The van der Waals surface area contributed by atoms with E-state index in [9.17, 15) is 4.79 Å². The first-order chi connectivity index (χ1) is 10.1. The minimum absolute atomic E-state index is 0.150. The average molecular weight is 306 g/mol. The van der Waals surface area contributed by atoms with Crippen molar-refractivity contribution < 1.29 is 4.79 Å². The van der Waals surface area contributed by atoms with Crippen molar-refractivity contribution in [3.63, 3.8) is 0 Å². The molecular weight excluding hydrogens is 274 g/mol. The summed E-state index contributed by atoms with van der Waals surface area (Å²) in [4.78, 5) is 13.8. The lowest BCUT2D eigenvalue weighted by atomic mass is 10.2. The predicted molar refractivity (Wildman–Crippen MR) is 95.7 cm³/mol. The molecule has 0 aliphatic heterocycles. The van der Waals surface area contributed by atoms with Crippen LogP contribution in [0.25, 0.3) is 0 Å². The van der Waals surface area contributed by atoms with Gasteiger partial charge in [-0.1, -0.05) is 69.6 Å². The Balaban J connectivity index is 2.64. The third-order valence-corrected chi connectivity index (χ3v) is 10.8. The largest absolute Gasteiger partial charge is 0.313 e. The molecule has 0 aromatic heterocycles.